The fourth-order valence-electron chi connectivity index (χ4n) is 2.92. The summed E-state index contributed by atoms with van der Waals surface area (Å²) in [7, 11) is 0. The SMILES string of the molecule is c1ccc2c(c1)CCC(Nc1ncnc3sccc13)C2. The van der Waals surface area contributed by atoms with Gasteiger partial charge in [0.1, 0.15) is 17.0 Å². The number of rotatable bonds is 2. The van der Waals surface area contributed by atoms with Crippen molar-refractivity contribution in [3.63, 3.8) is 0 Å². The first kappa shape index (κ1) is 11.9. The third kappa shape index (κ3) is 2.06. The highest BCUT2D eigenvalue weighted by atomic mass is 32.1. The first-order chi connectivity index (χ1) is 9.90. The van der Waals surface area contributed by atoms with Gasteiger partial charge in [0, 0.05) is 6.04 Å². The lowest BCUT2D eigenvalue weighted by molar-refractivity contribution is 0.609. The quantitative estimate of drug-likeness (QED) is 0.779. The Kier molecular flexibility index (Phi) is 2.89. The van der Waals surface area contributed by atoms with Gasteiger partial charge in [0.05, 0.1) is 5.39 Å². The van der Waals surface area contributed by atoms with Crippen molar-refractivity contribution in [1.29, 1.82) is 0 Å². The Morgan fingerprint density at radius 1 is 1.10 bits per heavy atom. The molecule has 4 rings (SSSR count). The van der Waals surface area contributed by atoms with Gasteiger partial charge in [0.25, 0.3) is 0 Å². The summed E-state index contributed by atoms with van der Waals surface area (Å²) in [6.45, 7) is 0. The maximum Gasteiger partial charge on any atom is 0.138 e. The predicted molar refractivity (Wildman–Crippen MR) is 83.3 cm³/mol. The summed E-state index contributed by atoms with van der Waals surface area (Å²) in [5, 5.41) is 6.81. The number of nitrogens with zero attached hydrogens (tertiary/aromatic N) is 2. The van der Waals surface area contributed by atoms with E-state index in [4.69, 9.17) is 0 Å². The molecule has 2 heterocycles. The van der Waals surface area contributed by atoms with E-state index in [1.165, 1.54) is 11.1 Å². The Labute approximate surface area is 121 Å². The van der Waals surface area contributed by atoms with Crippen molar-refractivity contribution < 1.29 is 0 Å². The number of benzene rings is 1. The summed E-state index contributed by atoms with van der Waals surface area (Å²) in [5.74, 6) is 0.973. The molecule has 4 heteroatoms. The molecule has 1 aliphatic carbocycles. The van der Waals surface area contributed by atoms with Crippen LogP contribution in [0.5, 0.6) is 0 Å². The second-order valence-electron chi connectivity index (χ2n) is 5.21. The van der Waals surface area contributed by atoms with Gasteiger partial charge in [-0.15, -0.1) is 11.3 Å². The third-order valence-electron chi connectivity index (χ3n) is 3.95. The van der Waals surface area contributed by atoms with Crippen LogP contribution < -0.4 is 5.32 Å². The van der Waals surface area contributed by atoms with E-state index in [-0.39, 0.29) is 0 Å². The third-order valence-corrected chi connectivity index (χ3v) is 4.77. The zero-order valence-electron chi connectivity index (χ0n) is 11.0. The normalized spacial score (nSPS) is 17.9. The molecule has 0 bridgehead atoms. The average Bonchev–Trinajstić information content (AvgIpc) is 2.97. The maximum atomic E-state index is 4.41. The van der Waals surface area contributed by atoms with Crippen LogP contribution in [-0.2, 0) is 12.8 Å². The van der Waals surface area contributed by atoms with Gasteiger partial charge in [-0.25, -0.2) is 9.97 Å². The van der Waals surface area contributed by atoms with Crippen molar-refractivity contribution in [2.45, 2.75) is 25.3 Å². The number of fused-ring (bicyclic) bond motifs is 2. The minimum Gasteiger partial charge on any atom is -0.366 e. The molecule has 1 aliphatic rings. The predicted octanol–water partition coefficient (Wildman–Crippen LogP) is 3.66. The van der Waals surface area contributed by atoms with E-state index in [0.717, 1.165) is 35.3 Å². The summed E-state index contributed by atoms with van der Waals surface area (Å²) in [6.07, 6.45) is 5.03. The highest BCUT2D eigenvalue weighted by Gasteiger charge is 2.19. The van der Waals surface area contributed by atoms with Crippen LogP contribution in [0.2, 0.25) is 0 Å². The number of anilines is 1. The maximum absolute atomic E-state index is 4.41. The van der Waals surface area contributed by atoms with E-state index in [1.54, 1.807) is 17.7 Å². The van der Waals surface area contributed by atoms with Gasteiger partial charge < -0.3 is 5.32 Å². The summed E-state index contributed by atoms with van der Waals surface area (Å²) in [4.78, 5) is 9.77. The first-order valence-electron chi connectivity index (χ1n) is 6.92. The van der Waals surface area contributed by atoms with Crippen LogP contribution in [0.25, 0.3) is 10.2 Å². The van der Waals surface area contributed by atoms with Gasteiger partial charge in [-0.2, -0.15) is 0 Å². The molecule has 2 aromatic heterocycles. The van der Waals surface area contributed by atoms with Crippen molar-refractivity contribution in [3.8, 4) is 0 Å². The Morgan fingerprint density at radius 2 is 2.00 bits per heavy atom. The number of nitrogens with one attached hydrogen (secondary N) is 1. The van der Waals surface area contributed by atoms with Crippen LogP contribution in [0.3, 0.4) is 0 Å². The van der Waals surface area contributed by atoms with E-state index in [0.29, 0.717) is 6.04 Å². The summed E-state index contributed by atoms with van der Waals surface area (Å²) in [6, 6.07) is 11.3. The molecule has 0 saturated heterocycles. The van der Waals surface area contributed by atoms with E-state index in [9.17, 15) is 0 Å². The summed E-state index contributed by atoms with van der Waals surface area (Å²) < 4.78 is 0. The molecule has 3 nitrogen and oxygen atoms in total. The molecule has 0 fully saturated rings. The highest BCUT2D eigenvalue weighted by molar-refractivity contribution is 7.16. The van der Waals surface area contributed by atoms with Crippen molar-refractivity contribution in [2.24, 2.45) is 0 Å². The van der Waals surface area contributed by atoms with E-state index in [2.05, 4.69) is 51.0 Å². The molecule has 100 valence electrons. The fourth-order valence-corrected chi connectivity index (χ4v) is 3.65. The van der Waals surface area contributed by atoms with Crippen molar-refractivity contribution in [1.82, 2.24) is 9.97 Å². The van der Waals surface area contributed by atoms with Crippen LogP contribution in [0, 0.1) is 0 Å². The second-order valence-corrected chi connectivity index (χ2v) is 6.11. The van der Waals surface area contributed by atoms with Crippen LogP contribution >= 0.6 is 11.3 Å². The Morgan fingerprint density at radius 3 is 2.95 bits per heavy atom. The van der Waals surface area contributed by atoms with Crippen LogP contribution in [-0.4, -0.2) is 16.0 Å². The highest BCUT2D eigenvalue weighted by Crippen LogP contribution is 2.27. The molecular weight excluding hydrogens is 266 g/mol. The second kappa shape index (κ2) is 4.87. The van der Waals surface area contributed by atoms with Crippen molar-refractivity contribution in [3.05, 3.63) is 53.2 Å². The zero-order chi connectivity index (χ0) is 13.4. The Bertz CT molecular complexity index is 750. The number of aryl methyl sites for hydroxylation is 1. The lowest BCUT2D eigenvalue weighted by Gasteiger charge is -2.26. The Balaban J connectivity index is 1.60. The van der Waals surface area contributed by atoms with Crippen LogP contribution in [0.15, 0.2) is 42.0 Å². The molecule has 1 atom stereocenters. The van der Waals surface area contributed by atoms with Crippen molar-refractivity contribution in [2.75, 3.05) is 5.32 Å². The number of aromatic nitrogens is 2. The minimum absolute atomic E-state index is 0.461. The van der Waals surface area contributed by atoms with Gasteiger partial charge >= 0.3 is 0 Å². The van der Waals surface area contributed by atoms with Gasteiger partial charge in [0.2, 0.25) is 0 Å². The largest absolute Gasteiger partial charge is 0.366 e. The van der Waals surface area contributed by atoms with E-state index >= 15 is 0 Å². The topological polar surface area (TPSA) is 37.8 Å². The zero-order valence-corrected chi connectivity index (χ0v) is 11.9. The lowest BCUT2D eigenvalue weighted by atomic mass is 9.88. The molecule has 0 saturated carbocycles. The van der Waals surface area contributed by atoms with Gasteiger partial charge in [0.15, 0.2) is 0 Å². The van der Waals surface area contributed by atoms with Crippen LogP contribution in [0.4, 0.5) is 5.82 Å². The average molecular weight is 281 g/mol. The first-order valence-corrected chi connectivity index (χ1v) is 7.79. The summed E-state index contributed by atoms with van der Waals surface area (Å²) in [5.41, 5.74) is 2.96. The molecule has 20 heavy (non-hydrogen) atoms. The molecule has 0 spiro atoms. The van der Waals surface area contributed by atoms with Crippen LogP contribution in [0.1, 0.15) is 17.5 Å². The molecular formula is C16H15N3S. The van der Waals surface area contributed by atoms with Gasteiger partial charge in [-0.05, 0) is 41.8 Å². The number of hydrogen-bond donors (Lipinski definition) is 1. The molecule has 3 aromatic rings. The lowest BCUT2D eigenvalue weighted by Crippen LogP contribution is -2.27. The molecule has 1 N–H and O–H groups in total. The standard InChI is InChI=1S/C16H15N3S/c1-2-4-12-9-13(6-5-11(12)3-1)19-15-14-7-8-20-16(14)18-10-17-15/h1-4,7-8,10,13H,5-6,9H2,(H,17,18,19). The molecule has 0 aliphatic heterocycles. The minimum atomic E-state index is 0.461. The van der Waals surface area contributed by atoms with Gasteiger partial charge in [-0.1, -0.05) is 24.3 Å². The molecule has 0 amide bonds. The Hall–Kier alpha value is -1.94. The fraction of sp³-hybridized carbons (Fsp3) is 0.250. The number of thiophene rings is 1. The molecule has 1 unspecified atom stereocenters. The van der Waals surface area contributed by atoms with E-state index in [1.807, 2.05) is 0 Å². The monoisotopic (exact) mass is 281 g/mol. The number of hydrogen-bond acceptors (Lipinski definition) is 4. The summed E-state index contributed by atoms with van der Waals surface area (Å²) >= 11 is 1.66. The molecule has 1 aromatic carbocycles. The smallest absolute Gasteiger partial charge is 0.138 e. The van der Waals surface area contributed by atoms with E-state index < -0.39 is 0 Å². The van der Waals surface area contributed by atoms with Crippen molar-refractivity contribution >= 4 is 27.4 Å². The van der Waals surface area contributed by atoms with Gasteiger partial charge in [-0.3, -0.25) is 0 Å². The molecule has 0 radical (unpaired) electrons.